The predicted octanol–water partition coefficient (Wildman–Crippen LogP) is 4.07. The number of methoxy groups -OCH3 is 1. The van der Waals surface area contributed by atoms with Crippen molar-refractivity contribution in [2.45, 2.75) is 19.8 Å². The van der Waals surface area contributed by atoms with Crippen molar-refractivity contribution in [2.75, 3.05) is 38.7 Å². The Balaban J connectivity index is 1.67. The molecule has 1 N–H and O–H groups in total. The molecule has 1 fully saturated rings. The van der Waals surface area contributed by atoms with Gasteiger partial charge < -0.3 is 14.8 Å². The molecule has 1 saturated heterocycles. The number of hydrogen-bond donors (Lipinski definition) is 1. The first-order chi connectivity index (χ1) is 14.9. The number of halogens is 1. The molecule has 0 saturated carbocycles. The van der Waals surface area contributed by atoms with E-state index in [-0.39, 0.29) is 29.9 Å². The summed E-state index contributed by atoms with van der Waals surface area (Å²) in [6.07, 6.45) is 1.32. The number of nitrogens with one attached hydrogen (secondary N) is 1. The molecule has 1 aromatic carbocycles. The molecular weight excluding hydrogens is 440 g/mol. The van der Waals surface area contributed by atoms with E-state index in [0.717, 1.165) is 0 Å². The molecule has 7 nitrogen and oxygen atoms in total. The monoisotopic (exact) mass is 464 g/mol. The molecule has 1 aliphatic rings. The molecule has 0 unspecified atom stereocenters. The van der Waals surface area contributed by atoms with E-state index in [1.807, 2.05) is 23.1 Å². The Morgan fingerprint density at radius 3 is 2.55 bits per heavy atom. The van der Waals surface area contributed by atoms with E-state index in [9.17, 15) is 14.4 Å². The average molecular weight is 465 g/mol. The third kappa shape index (κ3) is 5.64. The van der Waals surface area contributed by atoms with Gasteiger partial charge in [0.15, 0.2) is 0 Å². The van der Waals surface area contributed by atoms with Crippen LogP contribution in [0, 0.1) is 5.92 Å². The Kier molecular flexibility index (Phi) is 8.06. The van der Waals surface area contributed by atoms with Crippen molar-refractivity contribution < 1.29 is 23.9 Å². The third-order valence-corrected chi connectivity index (χ3v) is 6.40. The lowest BCUT2D eigenvalue weighted by atomic mass is 9.97. The Bertz CT molecular complexity index is 953. The van der Waals surface area contributed by atoms with Crippen molar-refractivity contribution in [1.82, 2.24) is 4.90 Å². The highest BCUT2D eigenvalue weighted by molar-refractivity contribution is 7.15. The maximum atomic E-state index is 12.7. The maximum absolute atomic E-state index is 12.7. The quantitative estimate of drug-likeness (QED) is 0.622. The Labute approximate surface area is 190 Å². The van der Waals surface area contributed by atoms with Crippen LogP contribution in [0.15, 0.2) is 29.6 Å². The lowest BCUT2D eigenvalue weighted by Crippen LogP contribution is -2.41. The summed E-state index contributed by atoms with van der Waals surface area (Å²) in [5.41, 5.74) is 1.60. The molecule has 0 aliphatic carbocycles. The summed E-state index contributed by atoms with van der Waals surface area (Å²) in [7, 11) is 1.30. The van der Waals surface area contributed by atoms with Crippen molar-refractivity contribution in [3.8, 4) is 11.1 Å². The van der Waals surface area contributed by atoms with Crippen LogP contribution in [0.4, 0.5) is 5.00 Å². The summed E-state index contributed by atoms with van der Waals surface area (Å²) in [4.78, 5) is 39.0. The van der Waals surface area contributed by atoms with Crippen LogP contribution in [0.25, 0.3) is 11.1 Å². The molecule has 0 bridgehead atoms. The molecule has 0 spiro atoms. The van der Waals surface area contributed by atoms with Gasteiger partial charge in [0, 0.05) is 21.5 Å². The first-order valence-corrected chi connectivity index (χ1v) is 11.3. The smallest absolute Gasteiger partial charge is 0.341 e. The van der Waals surface area contributed by atoms with E-state index in [4.69, 9.17) is 21.1 Å². The number of amides is 1. The second-order valence-corrected chi connectivity index (χ2v) is 8.46. The second kappa shape index (κ2) is 10.7. The molecule has 0 radical (unpaired) electrons. The van der Waals surface area contributed by atoms with Gasteiger partial charge >= 0.3 is 11.9 Å². The lowest BCUT2D eigenvalue weighted by molar-refractivity contribution is -0.149. The second-order valence-electron chi connectivity index (χ2n) is 7.18. The highest BCUT2D eigenvalue weighted by Gasteiger charge is 2.28. The van der Waals surface area contributed by atoms with Gasteiger partial charge in [-0.3, -0.25) is 14.5 Å². The molecule has 1 aromatic heterocycles. The summed E-state index contributed by atoms with van der Waals surface area (Å²) in [6, 6.07) is 7.20. The first-order valence-electron chi connectivity index (χ1n) is 10.1. The number of carbonyl (C=O) groups excluding carboxylic acids is 3. The molecule has 1 aliphatic heterocycles. The number of hydrogen-bond acceptors (Lipinski definition) is 7. The van der Waals surface area contributed by atoms with Gasteiger partial charge in [-0.25, -0.2) is 4.79 Å². The van der Waals surface area contributed by atoms with Gasteiger partial charge in [0.25, 0.3) is 0 Å². The normalized spacial score (nSPS) is 14.8. The Hall–Kier alpha value is -2.42. The lowest BCUT2D eigenvalue weighted by Gasteiger charge is -2.30. The van der Waals surface area contributed by atoms with Gasteiger partial charge in [-0.2, -0.15) is 0 Å². The molecule has 3 rings (SSSR count). The SMILES string of the molecule is CCOC(=O)C1CCN(CC(=O)Nc2scc(-c3ccccc3Cl)c2C(=O)OC)CC1. The van der Waals surface area contributed by atoms with Crippen LogP contribution in [0.1, 0.15) is 30.1 Å². The highest BCUT2D eigenvalue weighted by atomic mass is 35.5. The van der Waals surface area contributed by atoms with Crippen molar-refractivity contribution in [3.63, 3.8) is 0 Å². The van der Waals surface area contributed by atoms with Crippen LogP contribution in [0.5, 0.6) is 0 Å². The van der Waals surface area contributed by atoms with Gasteiger partial charge in [0.05, 0.1) is 26.2 Å². The van der Waals surface area contributed by atoms with Crippen molar-refractivity contribution in [1.29, 1.82) is 0 Å². The number of ether oxygens (including phenoxy) is 2. The van der Waals surface area contributed by atoms with E-state index in [0.29, 0.717) is 53.7 Å². The summed E-state index contributed by atoms with van der Waals surface area (Å²) >= 11 is 7.55. The molecule has 1 amide bonds. The fraction of sp³-hybridized carbons (Fsp3) is 0.409. The molecule has 9 heteroatoms. The van der Waals surface area contributed by atoms with Crippen LogP contribution in [-0.2, 0) is 19.1 Å². The van der Waals surface area contributed by atoms with Crippen LogP contribution >= 0.6 is 22.9 Å². The molecule has 2 aromatic rings. The van der Waals surface area contributed by atoms with Crippen molar-refractivity contribution in [3.05, 3.63) is 40.2 Å². The molecule has 31 heavy (non-hydrogen) atoms. The highest BCUT2D eigenvalue weighted by Crippen LogP contribution is 2.39. The van der Waals surface area contributed by atoms with Gasteiger partial charge in [0.2, 0.25) is 5.91 Å². The summed E-state index contributed by atoms with van der Waals surface area (Å²) < 4.78 is 10.0. The predicted molar refractivity (Wildman–Crippen MR) is 121 cm³/mol. The van der Waals surface area contributed by atoms with E-state index >= 15 is 0 Å². The minimum atomic E-state index is -0.540. The van der Waals surface area contributed by atoms with Crippen LogP contribution in [-0.4, -0.2) is 56.1 Å². The number of likely N-dealkylation sites (tertiary alicyclic amines) is 1. The summed E-state index contributed by atoms with van der Waals surface area (Å²) in [5.74, 6) is -1.05. The summed E-state index contributed by atoms with van der Waals surface area (Å²) in [6.45, 7) is 3.62. The first kappa shape index (κ1) is 23.2. The van der Waals surface area contributed by atoms with Crippen molar-refractivity contribution >= 4 is 45.8 Å². The van der Waals surface area contributed by atoms with E-state index in [1.165, 1.54) is 18.4 Å². The number of esters is 2. The standard InChI is InChI=1S/C22H25ClN2O5S/c1-3-30-21(27)14-8-10-25(11-9-14)12-18(26)24-20-19(22(28)29-2)16(13-31-20)15-6-4-5-7-17(15)23/h4-7,13-14H,3,8-12H2,1-2H3,(H,24,26). The van der Waals surface area contributed by atoms with E-state index in [2.05, 4.69) is 5.32 Å². The van der Waals surface area contributed by atoms with E-state index in [1.54, 1.807) is 18.4 Å². The molecule has 2 heterocycles. The third-order valence-electron chi connectivity index (χ3n) is 5.17. The number of nitrogens with zero attached hydrogens (tertiary/aromatic N) is 1. The molecule has 166 valence electrons. The van der Waals surface area contributed by atoms with Gasteiger partial charge in [0.1, 0.15) is 10.6 Å². The molecular formula is C22H25ClN2O5S. The van der Waals surface area contributed by atoms with Gasteiger partial charge in [-0.05, 0) is 38.9 Å². The summed E-state index contributed by atoms with van der Waals surface area (Å²) in [5, 5.41) is 5.56. The van der Waals surface area contributed by atoms with E-state index < -0.39 is 5.97 Å². The number of rotatable bonds is 7. The Morgan fingerprint density at radius 1 is 1.19 bits per heavy atom. The zero-order valence-electron chi connectivity index (χ0n) is 17.5. The zero-order chi connectivity index (χ0) is 22.4. The average Bonchev–Trinajstić information content (AvgIpc) is 3.17. The number of carbonyl (C=O) groups is 3. The molecule has 0 atom stereocenters. The maximum Gasteiger partial charge on any atom is 0.341 e. The van der Waals surface area contributed by atoms with Gasteiger partial charge in [-0.15, -0.1) is 11.3 Å². The van der Waals surface area contributed by atoms with Crippen LogP contribution < -0.4 is 5.32 Å². The minimum absolute atomic E-state index is 0.110. The topological polar surface area (TPSA) is 84.9 Å². The largest absolute Gasteiger partial charge is 0.466 e. The number of piperidine rings is 1. The fourth-order valence-electron chi connectivity index (χ4n) is 3.59. The number of anilines is 1. The van der Waals surface area contributed by atoms with Crippen LogP contribution in [0.3, 0.4) is 0 Å². The van der Waals surface area contributed by atoms with Crippen LogP contribution in [0.2, 0.25) is 5.02 Å². The van der Waals surface area contributed by atoms with Gasteiger partial charge in [-0.1, -0.05) is 29.8 Å². The number of benzene rings is 1. The number of thiophene rings is 1. The zero-order valence-corrected chi connectivity index (χ0v) is 19.1. The Morgan fingerprint density at radius 2 is 1.90 bits per heavy atom. The minimum Gasteiger partial charge on any atom is -0.466 e. The fourth-order valence-corrected chi connectivity index (χ4v) is 4.79. The van der Waals surface area contributed by atoms with Crippen molar-refractivity contribution in [2.24, 2.45) is 5.92 Å².